The van der Waals surface area contributed by atoms with E-state index in [0.29, 0.717) is 23.5 Å². The molecule has 2 aliphatic heterocycles. The third-order valence-electron chi connectivity index (χ3n) is 4.35. The average molecular weight is 277 g/mol. The van der Waals surface area contributed by atoms with Crippen LogP contribution in [0, 0.1) is 10.1 Å². The first-order valence-corrected chi connectivity index (χ1v) is 7.02. The molecule has 20 heavy (non-hydrogen) atoms. The number of methoxy groups -OCH3 is 1. The highest BCUT2D eigenvalue weighted by atomic mass is 16.6. The van der Waals surface area contributed by atoms with Crippen molar-refractivity contribution in [3.8, 4) is 5.75 Å². The maximum Gasteiger partial charge on any atom is 0.296 e. The number of nitro groups is 1. The molecule has 0 amide bonds. The van der Waals surface area contributed by atoms with Crippen LogP contribution in [0.2, 0.25) is 0 Å². The molecule has 2 saturated heterocycles. The van der Waals surface area contributed by atoms with Crippen LogP contribution in [0.25, 0.3) is 0 Å². The van der Waals surface area contributed by atoms with Crippen LogP contribution in [0.1, 0.15) is 19.3 Å². The Balaban J connectivity index is 1.81. The summed E-state index contributed by atoms with van der Waals surface area (Å²) in [6.07, 6.45) is 3.46. The van der Waals surface area contributed by atoms with Crippen LogP contribution in [0.4, 0.5) is 11.4 Å². The fourth-order valence-corrected chi connectivity index (χ4v) is 3.36. The summed E-state index contributed by atoms with van der Waals surface area (Å²) >= 11 is 0. The molecule has 2 heterocycles. The van der Waals surface area contributed by atoms with E-state index in [0.717, 1.165) is 19.5 Å². The number of hydrogen-bond donors (Lipinski definition) is 1. The number of nitrogens with zero attached hydrogens (tertiary/aromatic N) is 2. The second-order valence-corrected chi connectivity index (χ2v) is 5.43. The lowest BCUT2D eigenvalue weighted by atomic mass is 10.1. The Morgan fingerprint density at radius 2 is 2.25 bits per heavy atom. The molecule has 2 aliphatic rings. The molecule has 1 aromatic carbocycles. The Morgan fingerprint density at radius 1 is 1.40 bits per heavy atom. The predicted octanol–water partition coefficient (Wildman–Crippen LogP) is 2.25. The second kappa shape index (κ2) is 5.28. The van der Waals surface area contributed by atoms with Crippen molar-refractivity contribution in [2.24, 2.45) is 0 Å². The first-order chi connectivity index (χ1) is 9.69. The summed E-state index contributed by atoms with van der Waals surface area (Å²) in [5, 5.41) is 14.6. The molecule has 0 aromatic heterocycles. The highest BCUT2D eigenvalue weighted by Crippen LogP contribution is 2.34. The van der Waals surface area contributed by atoms with Crippen molar-refractivity contribution >= 4 is 11.4 Å². The molecular formula is C14H19N3O3. The van der Waals surface area contributed by atoms with Gasteiger partial charge in [-0.05, 0) is 37.9 Å². The zero-order valence-corrected chi connectivity index (χ0v) is 11.5. The van der Waals surface area contributed by atoms with Gasteiger partial charge in [-0.25, -0.2) is 0 Å². The molecule has 3 rings (SSSR count). The molecule has 0 aliphatic carbocycles. The minimum absolute atomic E-state index is 0.0841. The van der Waals surface area contributed by atoms with Gasteiger partial charge in [0, 0.05) is 18.6 Å². The van der Waals surface area contributed by atoms with Gasteiger partial charge in [0.2, 0.25) is 0 Å². The standard InChI is InChI=1S/C14H19N3O3/c1-20-10-4-5-11(14(9-10)17(18)19)15-12-6-8-16-7-2-3-13(12)16/h4-5,9,12-13,15H,2-3,6-8H2,1H3. The fourth-order valence-electron chi connectivity index (χ4n) is 3.36. The number of fused-ring (bicyclic) bond motifs is 1. The number of anilines is 1. The van der Waals surface area contributed by atoms with E-state index in [1.54, 1.807) is 12.1 Å². The third kappa shape index (κ3) is 2.31. The van der Waals surface area contributed by atoms with Crippen molar-refractivity contribution < 1.29 is 9.66 Å². The molecule has 2 atom stereocenters. The number of ether oxygens (including phenoxy) is 1. The number of nitro benzene ring substituents is 1. The first kappa shape index (κ1) is 13.2. The summed E-state index contributed by atoms with van der Waals surface area (Å²) in [5.41, 5.74) is 0.676. The maximum absolute atomic E-state index is 11.2. The van der Waals surface area contributed by atoms with Gasteiger partial charge in [-0.2, -0.15) is 0 Å². The van der Waals surface area contributed by atoms with Gasteiger partial charge in [-0.15, -0.1) is 0 Å². The van der Waals surface area contributed by atoms with E-state index in [2.05, 4.69) is 10.2 Å². The monoisotopic (exact) mass is 277 g/mol. The minimum atomic E-state index is -0.355. The van der Waals surface area contributed by atoms with Gasteiger partial charge in [0.25, 0.3) is 5.69 Å². The van der Waals surface area contributed by atoms with E-state index in [4.69, 9.17) is 4.74 Å². The summed E-state index contributed by atoms with van der Waals surface area (Å²) in [4.78, 5) is 13.3. The molecule has 6 nitrogen and oxygen atoms in total. The Labute approximate surface area is 117 Å². The SMILES string of the molecule is COc1ccc(NC2CCN3CCCC23)c([N+](=O)[O-])c1. The molecule has 2 unspecified atom stereocenters. The molecule has 1 N–H and O–H groups in total. The van der Waals surface area contributed by atoms with Gasteiger partial charge < -0.3 is 10.1 Å². The van der Waals surface area contributed by atoms with Crippen LogP contribution >= 0.6 is 0 Å². The zero-order chi connectivity index (χ0) is 14.1. The van der Waals surface area contributed by atoms with Crippen LogP contribution in [-0.4, -0.2) is 42.1 Å². The van der Waals surface area contributed by atoms with Crippen molar-refractivity contribution in [2.45, 2.75) is 31.3 Å². The molecular weight excluding hydrogens is 258 g/mol. The van der Waals surface area contributed by atoms with E-state index in [9.17, 15) is 10.1 Å². The Hall–Kier alpha value is -1.82. The predicted molar refractivity (Wildman–Crippen MR) is 76.3 cm³/mol. The molecule has 2 fully saturated rings. The van der Waals surface area contributed by atoms with E-state index < -0.39 is 0 Å². The lowest BCUT2D eigenvalue weighted by molar-refractivity contribution is -0.384. The summed E-state index contributed by atoms with van der Waals surface area (Å²) in [6.45, 7) is 2.25. The Morgan fingerprint density at radius 3 is 3.00 bits per heavy atom. The van der Waals surface area contributed by atoms with Crippen molar-refractivity contribution in [1.29, 1.82) is 0 Å². The summed E-state index contributed by atoms with van der Waals surface area (Å²) in [7, 11) is 1.51. The number of nitrogens with one attached hydrogen (secondary N) is 1. The van der Waals surface area contributed by atoms with Crippen LogP contribution in [-0.2, 0) is 0 Å². The van der Waals surface area contributed by atoms with Crippen molar-refractivity contribution in [2.75, 3.05) is 25.5 Å². The molecule has 0 bridgehead atoms. The maximum atomic E-state index is 11.2. The van der Waals surface area contributed by atoms with Gasteiger partial charge in [0.1, 0.15) is 11.4 Å². The zero-order valence-electron chi connectivity index (χ0n) is 11.5. The summed E-state index contributed by atoms with van der Waals surface area (Å²) in [5.74, 6) is 0.510. The van der Waals surface area contributed by atoms with Gasteiger partial charge >= 0.3 is 0 Å². The minimum Gasteiger partial charge on any atom is -0.496 e. The van der Waals surface area contributed by atoms with Gasteiger partial charge in [0.15, 0.2) is 0 Å². The highest BCUT2D eigenvalue weighted by molar-refractivity contribution is 5.64. The van der Waals surface area contributed by atoms with Crippen LogP contribution in [0.3, 0.4) is 0 Å². The van der Waals surface area contributed by atoms with E-state index in [1.807, 2.05) is 0 Å². The average Bonchev–Trinajstić information content (AvgIpc) is 3.04. The highest BCUT2D eigenvalue weighted by Gasteiger charge is 2.37. The van der Waals surface area contributed by atoms with E-state index in [1.165, 1.54) is 26.0 Å². The quantitative estimate of drug-likeness (QED) is 0.675. The van der Waals surface area contributed by atoms with Gasteiger partial charge in [-0.3, -0.25) is 15.0 Å². The Kier molecular flexibility index (Phi) is 3.48. The topological polar surface area (TPSA) is 67.6 Å². The number of rotatable bonds is 4. The number of hydrogen-bond acceptors (Lipinski definition) is 5. The largest absolute Gasteiger partial charge is 0.496 e. The van der Waals surface area contributed by atoms with Gasteiger partial charge in [-0.1, -0.05) is 0 Å². The van der Waals surface area contributed by atoms with Crippen molar-refractivity contribution in [1.82, 2.24) is 4.90 Å². The molecule has 108 valence electrons. The normalized spacial score (nSPS) is 25.4. The molecule has 0 saturated carbocycles. The van der Waals surface area contributed by atoms with Crippen molar-refractivity contribution in [3.05, 3.63) is 28.3 Å². The third-order valence-corrected chi connectivity index (χ3v) is 4.35. The lowest BCUT2D eigenvalue weighted by Crippen LogP contribution is -2.33. The smallest absolute Gasteiger partial charge is 0.296 e. The second-order valence-electron chi connectivity index (χ2n) is 5.43. The van der Waals surface area contributed by atoms with E-state index >= 15 is 0 Å². The van der Waals surface area contributed by atoms with Crippen LogP contribution in [0.5, 0.6) is 5.75 Å². The van der Waals surface area contributed by atoms with Crippen molar-refractivity contribution in [3.63, 3.8) is 0 Å². The first-order valence-electron chi connectivity index (χ1n) is 7.02. The molecule has 6 heteroatoms. The molecule has 0 radical (unpaired) electrons. The lowest BCUT2D eigenvalue weighted by Gasteiger charge is -2.22. The van der Waals surface area contributed by atoms with Crippen LogP contribution in [0.15, 0.2) is 18.2 Å². The fraction of sp³-hybridized carbons (Fsp3) is 0.571. The molecule has 1 aromatic rings. The van der Waals surface area contributed by atoms with Crippen LogP contribution < -0.4 is 10.1 Å². The summed E-state index contributed by atoms with van der Waals surface area (Å²) in [6, 6.07) is 5.82. The van der Waals surface area contributed by atoms with Gasteiger partial charge in [0.05, 0.1) is 18.1 Å². The molecule has 0 spiro atoms. The Bertz CT molecular complexity index is 520. The summed E-state index contributed by atoms with van der Waals surface area (Å²) < 4.78 is 5.06. The number of benzene rings is 1. The van der Waals surface area contributed by atoms with E-state index in [-0.39, 0.29) is 10.6 Å².